The number of carbonyl (C=O) groups excluding carboxylic acids is 3. The van der Waals surface area contributed by atoms with Crippen molar-refractivity contribution in [2.45, 2.75) is 31.0 Å². The number of fused-ring (bicyclic) bond motifs is 7. The molecule has 0 bridgehead atoms. The third-order valence-electron chi connectivity index (χ3n) is 8.39. The molecule has 180 valence electrons. The maximum atomic E-state index is 14.6. The molecular weight excluding hydrogens is 474 g/mol. The molecule has 0 N–H and O–H groups in total. The zero-order chi connectivity index (χ0) is 24.6. The number of imide groups is 1. The van der Waals surface area contributed by atoms with Gasteiger partial charge in [-0.25, -0.2) is 4.90 Å². The van der Waals surface area contributed by atoms with Gasteiger partial charge < -0.3 is 4.90 Å². The van der Waals surface area contributed by atoms with Crippen LogP contribution < -0.4 is 9.80 Å². The van der Waals surface area contributed by atoms with Gasteiger partial charge in [-0.2, -0.15) is 0 Å². The fraction of sp³-hybridized carbons (Fsp3) is 0.276. The second-order valence-electron chi connectivity index (χ2n) is 10.1. The molecule has 0 aromatic heterocycles. The fourth-order valence-electron chi connectivity index (χ4n) is 7.13. The number of anilines is 2. The number of benzene rings is 3. The standard InChI is InChI=1S/C29H24ClN3O3/c30-19-10-6-11-20(16-19)33-26(34)24-23-14-7-15-32(23)29(25(24)27(33)35)21-12-4-5-13-22(21)31(28(29)36)17-18-8-2-1-3-9-18/h1-6,8-13,16,23-25H,7,14-15,17H2. The summed E-state index contributed by atoms with van der Waals surface area (Å²) in [6, 6.07) is 24.3. The molecule has 3 aromatic carbocycles. The summed E-state index contributed by atoms with van der Waals surface area (Å²) < 4.78 is 0. The second kappa shape index (κ2) is 7.76. The van der Waals surface area contributed by atoms with E-state index in [1.165, 1.54) is 4.90 Å². The number of halogens is 1. The van der Waals surface area contributed by atoms with Crippen LogP contribution in [0.3, 0.4) is 0 Å². The Labute approximate surface area is 214 Å². The Morgan fingerprint density at radius 1 is 0.889 bits per heavy atom. The first kappa shape index (κ1) is 21.8. The van der Waals surface area contributed by atoms with Gasteiger partial charge in [-0.05, 0) is 49.2 Å². The summed E-state index contributed by atoms with van der Waals surface area (Å²) in [7, 11) is 0. The highest BCUT2D eigenvalue weighted by molar-refractivity contribution is 6.31. The Morgan fingerprint density at radius 2 is 1.67 bits per heavy atom. The van der Waals surface area contributed by atoms with E-state index in [0.29, 0.717) is 23.8 Å². The highest BCUT2D eigenvalue weighted by Gasteiger charge is 2.75. The van der Waals surface area contributed by atoms with Crippen molar-refractivity contribution < 1.29 is 14.4 Å². The van der Waals surface area contributed by atoms with Gasteiger partial charge in [0.1, 0.15) is 5.54 Å². The Bertz CT molecular complexity index is 1430. The van der Waals surface area contributed by atoms with Crippen LogP contribution in [0.2, 0.25) is 5.02 Å². The molecule has 4 aliphatic rings. The molecule has 7 rings (SSSR count). The zero-order valence-corrected chi connectivity index (χ0v) is 20.3. The van der Waals surface area contributed by atoms with E-state index in [-0.39, 0.29) is 23.8 Å². The Morgan fingerprint density at radius 3 is 2.47 bits per heavy atom. The van der Waals surface area contributed by atoms with E-state index in [1.54, 1.807) is 24.3 Å². The summed E-state index contributed by atoms with van der Waals surface area (Å²) in [5.41, 5.74) is 1.95. The van der Waals surface area contributed by atoms with E-state index in [4.69, 9.17) is 11.6 Å². The largest absolute Gasteiger partial charge is 0.306 e. The number of rotatable bonds is 3. The van der Waals surface area contributed by atoms with Gasteiger partial charge in [-0.1, -0.05) is 66.2 Å². The topological polar surface area (TPSA) is 60.9 Å². The number of carbonyl (C=O) groups is 3. The normalized spacial score (nSPS) is 28.8. The smallest absolute Gasteiger partial charge is 0.253 e. The Balaban J connectivity index is 1.40. The molecule has 0 saturated carbocycles. The van der Waals surface area contributed by atoms with E-state index in [0.717, 1.165) is 29.7 Å². The lowest BCUT2D eigenvalue weighted by atomic mass is 9.75. The van der Waals surface area contributed by atoms with Gasteiger partial charge in [0, 0.05) is 22.3 Å². The van der Waals surface area contributed by atoms with E-state index < -0.39 is 17.4 Å². The molecule has 3 saturated heterocycles. The number of hydrogen-bond acceptors (Lipinski definition) is 4. The highest BCUT2D eigenvalue weighted by Crippen LogP contribution is 2.62. The van der Waals surface area contributed by atoms with Crippen LogP contribution in [-0.4, -0.2) is 35.2 Å². The van der Waals surface area contributed by atoms with Crippen molar-refractivity contribution in [2.75, 3.05) is 16.3 Å². The maximum Gasteiger partial charge on any atom is 0.253 e. The van der Waals surface area contributed by atoms with Crippen molar-refractivity contribution >= 4 is 40.7 Å². The van der Waals surface area contributed by atoms with Crippen LogP contribution in [0.5, 0.6) is 0 Å². The molecule has 4 heterocycles. The molecule has 1 spiro atoms. The van der Waals surface area contributed by atoms with Crippen molar-refractivity contribution in [3.05, 3.63) is 95.0 Å². The van der Waals surface area contributed by atoms with Crippen molar-refractivity contribution in [1.29, 1.82) is 0 Å². The van der Waals surface area contributed by atoms with Gasteiger partial charge in [0.25, 0.3) is 5.91 Å². The number of para-hydroxylation sites is 1. The fourth-order valence-corrected chi connectivity index (χ4v) is 7.32. The molecule has 3 amide bonds. The molecule has 0 aliphatic carbocycles. The number of hydrogen-bond donors (Lipinski definition) is 0. The summed E-state index contributed by atoms with van der Waals surface area (Å²) in [5, 5.41) is 0.457. The first-order chi connectivity index (χ1) is 17.5. The third-order valence-corrected chi connectivity index (χ3v) is 8.63. The summed E-state index contributed by atoms with van der Waals surface area (Å²) in [6.07, 6.45) is 1.68. The van der Waals surface area contributed by atoms with Crippen molar-refractivity contribution in [3.8, 4) is 0 Å². The van der Waals surface area contributed by atoms with Gasteiger partial charge in [0.05, 0.1) is 24.1 Å². The molecule has 3 aromatic rings. The Hall–Kier alpha value is -3.48. The monoisotopic (exact) mass is 497 g/mol. The minimum absolute atomic E-state index is 0.110. The van der Waals surface area contributed by atoms with Gasteiger partial charge >= 0.3 is 0 Å². The minimum atomic E-state index is -1.18. The van der Waals surface area contributed by atoms with Gasteiger partial charge in [0.2, 0.25) is 11.8 Å². The molecule has 4 aliphatic heterocycles. The van der Waals surface area contributed by atoms with Crippen LogP contribution in [-0.2, 0) is 26.5 Å². The lowest BCUT2D eigenvalue weighted by Crippen LogP contribution is -2.55. The Kier molecular flexibility index (Phi) is 4.69. The van der Waals surface area contributed by atoms with Gasteiger partial charge in [-0.15, -0.1) is 0 Å². The first-order valence-electron chi connectivity index (χ1n) is 12.4. The van der Waals surface area contributed by atoms with Crippen molar-refractivity contribution in [2.24, 2.45) is 11.8 Å². The molecule has 3 fully saturated rings. The number of nitrogens with zero attached hydrogens (tertiary/aromatic N) is 3. The third kappa shape index (κ3) is 2.69. The van der Waals surface area contributed by atoms with Crippen molar-refractivity contribution in [1.82, 2.24) is 4.90 Å². The molecule has 0 radical (unpaired) electrons. The van der Waals surface area contributed by atoms with Crippen LogP contribution >= 0.6 is 11.6 Å². The van der Waals surface area contributed by atoms with E-state index in [1.807, 2.05) is 59.5 Å². The predicted octanol–water partition coefficient (Wildman–Crippen LogP) is 4.37. The van der Waals surface area contributed by atoms with Crippen LogP contribution in [0.1, 0.15) is 24.0 Å². The zero-order valence-electron chi connectivity index (χ0n) is 19.5. The van der Waals surface area contributed by atoms with Crippen molar-refractivity contribution in [3.63, 3.8) is 0 Å². The van der Waals surface area contributed by atoms with Gasteiger partial charge in [0.15, 0.2) is 0 Å². The van der Waals surface area contributed by atoms with Crippen LogP contribution in [0.4, 0.5) is 11.4 Å². The average molecular weight is 498 g/mol. The van der Waals surface area contributed by atoms with Crippen LogP contribution in [0, 0.1) is 11.8 Å². The molecule has 4 unspecified atom stereocenters. The summed E-state index contributed by atoms with van der Waals surface area (Å²) in [6.45, 7) is 1.10. The number of amides is 3. The first-order valence-corrected chi connectivity index (χ1v) is 12.8. The molecule has 7 heteroatoms. The average Bonchev–Trinajstić information content (AvgIpc) is 3.59. The van der Waals surface area contributed by atoms with Crippen LogP contribution in [0.25, 0.3) is 0 Å². The molecule has 6 nitrogen and oxygen atoms in total. The molecule has 36 heavy (non-hydrogen) atoms. The highest BCUT2D eigenvalue weighted by atomic mass is 35.5. The van der Waals surface area contributed by atoms with E-state index in [9.17, 15) is 14.4 Å². The summed E-state index contributed by atoms with van der Waals surface area (Å²) in [5.74, 6) is -1.99. The van der Waals surface area contributed by atoms with E-state index >= 15 is 0 Å². The summed E-state index contributed by atoms with van der Waals surface area (Å²) >= 11 is 6.22. The van der Waals surface area contributed by atoms with Gasteiger partial charge in [-0.3, -0.25) is 19.3 Å². The maximum absolute atomic E-state index is 14.6. The summed E-state index contributed by atoms with van der Waals surface area (Å²) in [4.78, 5) is 47.9. The second-order valence-corrected chi connectivity index (χ2v) is 10.5. The van der Waals surface area contributed by atoms with Crippen LogP contribution in [0.15, 0.2) is 78.9 Å². The predicted molar refractivity (Wildman–Crippen MR) is 136 cm³/mol. The minimum Gasteiger partial charge on any atom is -0.306 e. The molecular formula is C29H24ClN3O3. The quantitative estimate of drug-likeness (QED) is 0.504. The lowest BCUT2D eigenvalue weighted by molar-refractivity contribution is -0.137. The lowest BCUT2D eigenvalue weighted by Gasteiger charge is -2.37. The SMILES string of the molecule is O=C1C2C3CCCN3C3(C(=O)N(Cc4ccccc4)c4ccccc43)C2C(=O)N1c1cccc(Cl)c1. The molecule has 4 atom stereocenters. The van der Waals surface area contributed by atoms with E-state index in [2.05, 4.69) is 4.90 Å².